The molecule has 2 rings (SSSR count). The van der Waals surface area contributed by atoms with Crippen molar-refractivity contribution < 1.29 is 19.1 Å². The fourth-order valence-corrected chi connectivity index (χ4v) is 2.34. The molecule has 28 heavy (non-hydrogen) atoms. The summed E-state index contributed by atoms with van der Waals surface area (Å²) in [6.45, 7) is 1.49. The number of rotatable bonds is 7. The Kier molecular flexibility index (Phi) is 7.55. The lowest BCUT2D eigenvalue weighted by Crippen LogP contribution is -2.32. The number of hydrogen-bond donors (Lipinski definition) is 2. The molecule has 2 amide bonds. The monoisotopic (exact) mass is 399 g/mol. The summed E-state index contributed by atoms with van der Waals surface area (Å²) in [6.07, 6.45) is -1.14. The van der Waals surface area contributed by atoms with Crippen molar-refractivity contribution >= 4 is 35.1 Å². The number of nitrogens with zero attached hydrogens (tertiary/aromatic N) is 1. The fraction of sp³-hybridized carbons (Fsp3) is 0.200. The molecule has 8 heteroatoms. The maximum Gasteiger partial charge on any atom is 0.308 e. The molecule has 0 aromatic heterocycles. The maximum absolute atomic E-state index is 12.1. The minimum absolute atomic E-state index is 0.0614. The normalized spacial score (nSPS) is 11.0. The number of carbonyl (C=O) groups excluding carboxylic acids is 3. The quantitative estimate of drug-likeness (QED) is 0.696. The second kappa shape index (κ2) is 10.1. The number of hydrogen-bond acceptors (Lipinski definition) is 5. The smallest absolute Gasteiger partial charge is 0.308 e. The Bertz CT molecular complexity index is 906. The summed E-state index contributed by atoms with van der Waals surface area (Å²) in [5.74, 6) is -1.53. The fourth-order valence-electron chi connectivity index (χ4n) is 2.22. The number of para-hydroxylation sites is 1. The predicted molar refractivity (Wildman–Crippen MR) is 104 cm³/mol. The standard InChI is InChI=1S/C20H18ClN3O4/c1-13(19(26)24-17-5-3-2-4-15(17)12-22)28-18(25)10-11-23-20(27)14-6-8-16(21)9-7-14/h2-9,13H,10-11H2,1H3,(H,23,27)(H,24,26)/t13-/m1/s1. The van der Waals surface area contributed by atoms with Crippen LogP contribution in [0.1, 0.15) is 29.3 Å². The molecule has 0 aliphatic carbocycles. The molecule has 7 nitrogen and oxygen atoms in total. The first-order valence-electron chi connectivity index (χ1n) is 8.44. The van der Waals surface area contributed by atoms with Crippen LogP contribution in [0, 0.1) is 11.3 Å². The van der Waals surface area contributed by atoms with Gasteiger partial charge in [-0.25, -0.2) is 0 Å². The molecule has 0 unspecified atom stereocenters. The second-order valence-corrected chi connectivity index (χ2v) is 6.23. The van der Waals surface area contributed by atoms with Crippen LogP contribution in [0.5, 0.6) is 0 Å². The van der Waals surface area contributed by atoms with Crippen molar-refractivity contribution in [3.8, 4) is 6.07 Å². The van der Waals surface area contributed by atoms with Gasteiger partial charge in [-0.3, -0.25) is 14.4 Å². The Hall–Kier alpha value is -3.37. The topological polar surface area (TPSA) is 108 Å². The number of nitrogens with one attached hydrogen (secondary N) is 2. The van der Waals surface area contributed by atoms with Crippen molar-refractivity contribution in [2.45, 2.75) is 19.4 Å². The number of benzene rings is 2. The van der Waals surface area contributed by atoms with E-state index >= 15 is 0 Å². The van der Waals surface area contributed by atoms with E-state index in [1.165, 1.54) is 6.92 Å². The highest BCUT2D eigenvalue weighted by Crippen LogP contribution is 2.14. The second-order valence-electron chi connectivity index (χ2n) is 5.79. The first kappa shape index (κ1) is 20.9. The summed E-state index contributed by atoms with van der Waals surface area (Å²) < 4.78 is 5.06. The lowest BCUT2D eigenvalue weighted by atomic mass is 10.2. The van der Waals surface area contributed by atoms with E-state index in [1.54, 1.807) is 48.5 Å². The first-order valence-corrected chi connectivity index (χ1v) is 8.81. The van der Waals surface area contributed by atoms with Crippen LogP contribution in [0.2, 0.25) is 5.02 Å². The van der Waals surface area contributed by atoms with Crippen LogP contribution < -0.4 is 10.6 Å². The predicted octanol–water partition coefficient (Wildman–Crippen LogP) is 2.90. The van der Waals surface area contributed by atoms with Crippen molar-refractivity contribution in [3.63, 3.8) is 0 Å². The average molecular weight is 400 g/mol. The van der Waals surface area contributed by atoms with E-state index in [0.29, 0.717) is 21.8 Å². The first-order chi connectivity index (χ1) is 13.4. The zero-order valence-electron chi connectivity index (χ0n) is 15.1. The highest BCUT2D eigenvalue weighted by atomic mass is 35.5. The van der Waals surface area contributed by atoms with Crippen molar-refractivity contribution in [3.05, 3.63) is 64.7 Å². The summed E-state index contributed by atoms with van der Waals surface area (Å²) in [5, 5.41) is 14.7. The van der Waals surface area contributed by atoms with Gasteiger partial charge < -0.3 is 15.4 Å². The zero-order valence-corrected chi connectivity index (χ0v) is 15.8. The van der Waals surface area contributed by atoms with Crippen molar-refractivity contribution in [1.29, 1.82) is 5.26 Å². The van der Waals surface area contributed by atoms with Gasteiger partial charge in [0.1, 0.15) is 6.07 Å². The van der Waals surface area contributed by atoms with E-state index in [-0.39, 0.29) is 18.9 Å². The molecule has 0 spiro atoms. The Morgan fingerprint density at radius 3 is 2.50 bits per heavy atom. The Morgan fingerprint density at radius 2 is 1.82 bits per heavy atom. The van der Waals surface area contributed by atoms with Crippen LogP contribution >= 0.6 is 11.6 Å². The van der Waals surface area contributed by atoms with Crippen LogP contribution in [0.15, 0.2) is 48.5 Å². The van der Waals surface area contributed by atoms with Crippen LogP contribution in [-0.2, 0) is 14.3 Å². The number of amides is 2. The van der Waals surface area contributed by atoms with Crippen molar-refractivity contribution in [2.24, 2.45) is 0 Å². The maximum atomic E-state index is 12.1. The molecule has 0 saturated carbocycles. The van der Waals surface area contributed by atoms with Crippen LogP contribution in [0.4, 0.5) is 5.69 Å². The minimum Gasteiger partial charge on any atom is -0.452 e. The highest BCUT2D eigenvalue weighted by Gasteiger charge is 2.19. The van der Waals surface area contributed by atoms with Gasteiger partial charge in [-0.05, 0) is 43.3 Å². The van der Waals surface area contributed by atoms with Gasteiger partial charge in [-0.2, -0.15) is 5.26 Å². The number of esters is 1. The van der Waals surface area contributed by atoms with Crippen LogP contribution in [0.3, 0.4) is 0 Å². The van der Waals surface area contributed by atoms with Gasteiger partial charge in [0.25, 0.3) is 11.8 Å². The molecule has 1 atom stereocenters. The Labute approximate surface area is 167 Å². The number of carbonyl (C=O) groups is 3. The number of ether oxygens (including phenoxy) is 1. The number of halogens is 1. The molecular formula is C20H18ClN3O4. The molecule has 2 aromatic carbocycles. The van der Waals surface area contributed by atoms with Gasteiger partial charge in [0.15, 0.2) is 6.10 Å². The minimum atomic E-state index is -1.05. The molecule has 0 saturated heterocycles. The zero-order chi connectivity index (χ0) is 20.5. The van der Waals surface area contributed by atoms with E-state index in [1.807, 2.05) is 6.07 Å². The summed E-state index contributed by atoms with van der Waals surface area (Å²) in [5.41, 5.74) is 1.06. The van der Waals surface area contributed by atoms with E-state index in [4.69, 9.17) is 21.6 Å². The van der Waals surface area contributed by atoms with Gasteiger partial charge in [-0.1, -0.05) is 23.7 Å². The third-order valence-corrected chi connectivity index (χ3v) is 3.96. The van der Waals surface area contributed by atoms with Gasteiger partial charge in [0, 0.05) is 17.1 Å². The third-order valence-electron chi connectivity index (χ3n) is 3.70. The van der Waals surface area contributed by atoms with Gasteiger partial charge in [0.2, 0.25) is 0 Å². The van der Waals surface area contributed by atoms with Crippen LogP contribution in [-0.4, -0.2) is 30.4 Å². The molecule has 0 fully saturated rings. The molecule has 0 aliphatic heterocycles. The summed E-state index contributed by atoms with van der Waals surface area (Å²) in [6, 6.07) is 14.8. The molecule has 0 bridgehead atoms. The average Bonchev–Trinajstić information content (AvgIpc) is 2.68. The van der Waals surface area contributed by atoms with E-state index in [2.05, 4.69) is 10.6 Å². The molecule has 0 heterocycles. The Balaban J connectivity index is 1.77. The third kappa shape index (κ3) is 6.11. The summed E-state index contributed by atoms with van der Waals surface area (Å²) in [4.78, 5) is 35.9. The molecular weight excluding hydrogens is 382 g/mol. The molecule has 0 radical (unpaired) electrons. The van der Waals surface area contributed by atoms with E-state index in [9.17, 15) is 14.4 Å². The number of anilines is 1. The molecule has 0 aliphatic rings. The molecule has 144 valence electrons. The molecule has 2 N–H and O–H groups in total. The van der Waals surface area contributed by atoms with Gasteiger partial charge in [-0.15, -0.1) is 0 Å². The lowest BCUT2D eigenvalue weighted by Gasteiger charge is -2.14. The Morgan fingerprint density at radius 1 is 1.14 bits per heavy atom. The summed E-state index contributed by atoms with van der Waals surface area (Å²) in [7, 11) is 0. The van der Waals surface area contributed by atoms with E-state index < -0.39 is 18.0 Å². The van der Waals surface area contributed by atoms with Crippen molar-refractivity contribution in [1.82, 2.24) is 5.32 Å². The van der Waals surface area contributed by atoms with Crippen molar-refractivity contribution in [2.75, 3.05) is 11.9 Å². The highest BCUT2D eigenvalue weighted by molar-refractivity contribution is 6.30. The number of nitriles is 1. The molecule has 2 aromatic rings. The van der Waals surface area contributed by atoms with Gasteiger partial charge in [0.05, 0.1) is 17.7 Å². The van der Waals surface area contributed by atoms with Crippen LogP contribution in [0.25, 0.3) is 0 Å². The largest absolute Gasteiger partial charge is 0.452 e. The lowest BCUT2D eigenvalue weighted by molar-refractivity contribution is -0.153. The summed E-state index contributed by atoms with van der Waals surface area (Å²) >= 11 is 5.76. The SMILES string of the molecule is C[C@@H](OC(=O)CCNC(=O)c1ccc(Cl)cc1)C(=O)Nc1ccccc1C#N. The van der Waals surface area contributed by atoms with E-state index in [0.717, 1.165) is 0 Å². The van der Waals surface area contributed by atoms with Gasteiger partial charge >= 0.3 is 5.97 Å².